The van der Waals surface area contributed by atoms with Gasteiger partial charge in [0, 0.05) is 18.7 Å². The molecule has 1 saturated heterocycles. The second kappa shape index (κ2) is 4.26. The highest BCUT2D eigenvalue weighted by atomic mass is 16.5. The van der Waals surface area contributed by atoms with E-state index in [1.807, 2.05) is 24.3 Å². The van der Waals surface area contributed by atoms with Crippen LogP contribution in [0.5, 0.6) is 5.75 Å². The van der Waals surface area contributed by atoms with E-state index in [0.717, 1.165) is 11.3 Å². The van der Waals surface area contributed by atoms with E-state index in [1.54, 1.807) is 0 Å². The van der Waals surface area contributed by atoms with Crippen molar-refractivity contribution in [3.05, 3.63) is 29.8 Å². The van der Waals surface area contributed by atoms with Gasteiger partial charge in [-0.3, -0.25) is 4.79 Å². The van der Waals surface area contributed by atoms with Crippen LogP contribution in [0.4, 0.5) is 0 Å². The number of nitrogens with zero attached hydrogens (tertiary/aromatic N) is 1. The number of para-hydroxylation sites is 1. The second-order valence-corrected chi connectivity index (χ2v) is 4.78. The van der Waals surface area contributed by atoms with Crippen LogP contribution in [0.25, 0.3) is 0 Å². The van der Waals surface area contributed by atoms with Gasteiger partial charge in [-0.2, -0.15) is 0 Å². The zero-order chi connectivity index (χ0) is 12.7. The van der Waals surface area contributed by atoms with Crippen LogP contribution in [0.2, 0.25) is 0 Å². The molecule has 0 radical (unpaired) electrons. The van der Waals surface area contributed by atoms with E-state index in [9.17, 15) is 15.0 Å². The Morgan fingerprint density at radius 3 is 2.61 bits per heavy atom. The number of amides is 1. The molecule has 1 fully saturated rings. The van der Waals surface area contributed by atoms with E-state index in [0.29, 0.717) is 6.61 Å². The Balaban J connectivity index is 1.79. The molecule has 2 aliphatic heterocycles. The Kier molecular flexibility index (Phi) is 2.72. The Labute approximate surface area is 105 Å². The molecule has 0 saturated carbocycles. The van der Waals surface area contributed by atoms with Gasteiger partial charge in [-0.15, -0.1) is 0 Å². The third kappa shape index (κ3) is 1.76. The summed E-state index contributed by atoms with van der Waals surface area (Å²) in [4.78, 5) is 13.8. The third-order valence-corrected chi connectivity index (χ3v) is 3.57. The topological polar surface area (TPSA) is 70.0 Å². The molecule has 2 heterocycles. The molecule has 96 valence electrons. The fraction of sp³-hybridized carbons (Fsp3) is 0.462. The number of β-amino-alcohol motifs (C(OH)–C–C–N with tert-alkyl or cyclic N) is 2. The molecule has 5 nitrogen and oxygen atoms in total. The van der Waals surface area contributed by atoms with E-state index >= 15 is 0 Å². The number of carbonyl (C=O) groups is 1. The zero-order valence-corrected chi connectivity index (χ0v) is 9.82. The summed E-state index contributed by atoms with van der Waals surface area (Å²) in [5, 5.41) is 19.0. The highest BCUT2D eigenvalue weighted by molar-refractivity contribution is 5.86. The van der Waals surface area contributed by atoms with Gasteiger partial charge in [0.1, 0.15) is 18.3 Å². The zero-order valence-electron chi connectivity index (χ0n) is 9.82. The number of rotatable bonds is 1. The first-order valence-electron chi connectivity index (χ1n) is 6.03. The summed E-state index contributed by atoms with van der Waals surface area (Å²) in [5.41, 5.74) is 0.887. The van der Waals surface area contributed by atoms with Crippen molar-refractivity contribution in [2.75, 3.05) is 19.7 Å². The fourth-order valence-corrected chi connectivity index (χ4v) is 2.54. The lowest BCUT2D eigenvalue weighted by atomic mass is 10.00. The maximum absolute atomic E-state index is 12.3. The van der Waals surface area contributed by atoms with E-state index in [2.05, 4.69) is 0 Å². The van der Waals surface area contributed by atoms with Gasteiger partial charge in [-0.25, -0.2) is 0 Å². The van der Waals surface area contributed by atoms with E-state index in [-0.39, 0.29) is 24.9 Å². The molecular formula is C13H15NO4. The molecule has 3 atom stereocenters. The monoisotopic (exact) mass is 249 g/mol. The van der Waals surface area contributed by atoms with Crippen molar-refractivity contribution in [1.82, 2.24) is 4.90 Å². The van der Waals surface area contributed by atoms with Gasteiger partial charge >= 0.3 is 0 Å². The highest BCUT2D eigenvalue weighted by Crippen LogP contribution is 2.35. The summed E-state index contributed by atoms with van der Waals surface area (Å²) < 4.78 is 5.47. The lowest BCUT2D eigenvalue weighted by Crippen LogP contribution is -2.34. The van der Waals surface area contributed by atoms with Crippen molar-refractivity contribution in [1.29, 1.82) is 0 Å². The summed E-state index contributed by atoms with van der Waals surface area (Å²) in [6.07, 6.45) is -1.68. The van der Waals surface area contributed by atoms with Crippen molar-refractivity contribution in [3.8, 4) is 5.75 Å². The summed E-state index contributed by atoms with van der Waals surface area (Å²) >= 11 is 0. The quantitative estimate of drug-likeness (QED) is 0.718. The van der Waals surface area contributed by atoms with Crippen molar-refractivity contribution in [2.24, 2.45) is 0 Å². The first-order chi connectivity index (χ1) is 8.66. The van der Waals surface area contributed by atoms with Gasteiger partial charge in [0.05, 0.1) is 12.2 Å². The van der Waals surface area contributed by atoms with Crippen LogP contribution in [-0.4, -0.2) is 52.9 Å². The van der Waals surface area contributed by atoms with Gasteiger partial charge in [-0.1, -0.05) is 18.2 Å². The van der Waals surface area contributed by atoms with Gasteiger partial charge in [-0.05, 0) is 6.07 Å². The number of aliphatic hydroxyl groups excluding tert-OH is 2. The minimum atomic E-state index is -0.841. The minimum absolute atomic E-state index is 0.0875. The van der Waals surface area contributed by atoms with Gasteiger partial charge in [0.15, 0.2) is 0 Å². The van der Waals surface area contributed by atoms with E-state index < -0.39 is 12.2 Å². The lowest BCUT2D eigenvalue weighted by molar-refractivity contribution is -0.132. The Morgan fingerprint density at radius 2 is 1.89 bits per heavy atom. The first-order valence-corrected chi connectivity index (χ1v) is 6.03. The lowest BCUT2D eigenvalue weighted by Gasteiger charge is -2.19. The third-order valence-electron chi connectivity index (χ3n) is 3.57. The van der Waals surface area contributed by atoms with Crippen LogP contribution in [0.1, 0.15) is 11.5 Å². The van der Waals surface area contributed by atoms with Gasteiger partial charge in [0.25, 0.3) is 0 Å². The van der Waals surface area contributed by atoms with Crippen molar-refractivity contribution in [3.63, 3.8) is 0 Å². The number of benzene rings is 1. The first kappa shape index (κ1) is 11.5. The van der Waals surface area contributed by atoms with Crippen LogP contribution in [0, 0.1) is 0 Å². The van der Waals surface area contributed by atoms with E-state index in [4.69, 9.17) is 4.74 Å². The Morgan fingerprint density at radius 1 is 1.22 bits per heavy atom. The van der Waals surface area contributed by atoms with Crippen molar-refractivity contribution >= 4 is 5.91 Å². The normalized spacial score (nSPS) is 30.1. The molecule has 1 aromatic rings. The number of hydrogen-bond acceptors (Lipinski definition) is 4. The van der Waals surface area contributed by atoms with E-state index in [1.165, 1.54) is 4.90 Å². The molecule has 2 aliphatic rings. The molecule has 2 N–H and O–H groups in total. The van der Waals surface area contributed by atoms with Crippen LogP contribution in [0.15, 0.2) is 24.3 Å². The molecule has 3 rings (SSSR count). The SMILES string of the molecule is O=C(C1COc2ccccc21)N1C[C@@H](O)[C@@H](O)C1. The summed E-state index contributed by atoms with van der Waals surface area (Å²) in [7, 11) is 0. The number of aliphatic hydroxyl groups is 2. The average Bonchev–Trinajstić information content (AvgIpc) is 2.93. The highest BCUT2D eigenvalue weighted by Gasteiger charge is 2.38. The van der Waals surface area contributed by atoms with Gasteiger partial charge in [0.2, 0.25) is 5.91 Å². The largest absolute Gasteiger partial charge is 0.492 e. The Bertz CT molecular complexity index is 466. The summed E-state index contributed by atoms with van der Waals surface area (Å²) in [6.45, 7) is 0.720. The molecule has 1 amide bonds. The molecular weight excluding hydrogens is 234 g/mol. The maximum Gasteiger partial charge on any atom is 0.233 e. The maximum atomic E-state index is 12.3. The molecule has 0 bridgehead atoms. The minimum Gasteiger partial charge on any atom is -0.492 e. The smallest absolute Gasteiger partial charge is 0.233 e. The number of hydrogen-bond donors (Lipinski definition) is 2. The number of carbonyl (C=O) groups excluding carboxylic acids is 1. The van der Waals surface area contributed by atoms with Crippen LogP contribution in [-0.2, 0) is 4.79 Å². The summed E-state index contributed by atoms with van der Waals surface area (Å²) in [6, 6.07) is 7.47. The van der Waals surface area contributed by atoms with Gasteiger partial charge < -0.3 is 19.8 Å². The van der Waals surface area contributed by atoms with Crippen LogP contribution >= 0.6 is 0 Å². The molecule has 0 aromatic heterocycles. The molecule has 18 heavy (non-hydrogen) atoms. The number of likely N-dealkylation sites (tertiary alicyclic amines) is 1. The molecule has 0 spiro atoms. The second-order valence-electron chi connectivity index (χ2n) is 4.78. The fourth-order valence-electron chi connectivity index (χ4n) is 2.54. The van der Waals surface area contributed by atoms with Crippen LogP contribution < -0.4 is 4.74 Å². The summed E-state index contributed by atoms with van der Waals surface area (Å²) in [5.74, 6) is 0.338. The predicted octanol–water partition coefficient (Wildman–Crippen LogP) is -0.273. The standard InChI is InChI=1S/C13H15NO4/c15-10-5-14(6-11(10)16)13(17)9-7-18-12-4-2-1-3-8(9)12/h1-4,9-11,15-16H,5-7H2/t9?,10-,11+. The Hall–Kier alpha value is -1.59. The molecule has 1 aromatic carbocycles. The number of ether oxygens (including phenoxy) is 1. The molecule has 5 heteroatoms. The molecule has 1 unspecified atom stereocenters. The number of fused-ring (bicyclic) bond motifs is 1. The predicted molar refractivity (Wildman–Crippen MR) is 63.3 cm³/mol. The van der Waals surface area contributed by atoms with Crippen molar-refractivity contribution < 1.29 is 19.7 Å². The molecule has 0 aliphatic carbocycles. The average molecular weight is 249 g/mol. The van der Waals surface area contributed by atoms with Crippen molar-refractivity contribution in [2.45, 2.75) is 18.1 Å². The van der Waals surface area contributed by atoms with Crippen LogP contribution in [0.3, 0.4) is 0 Å².